The van der Waals surface area contributed by atoms with Crippen LogP contribution in [0.15, 0.2) is 56.8 Å². The van der Waals surface area contributed by atoms with Gasteiger partial charge in [0.1, 0.15) is 22.7 Å². The fraction of sp³-hybridized carbons (Fsp3) is 0.429. The van der Waals surface area contributed by atoms with Crippen molar-refractivity contribution in [3.05, 3.63) is 74.8 Å². The number of aliphatic hydroxyl groups excluding tert-OH is 1. The number of carboxylic acid groups (broad SMARTS) is 1. The van der Waals surface area contributed by atoms with Gasteiger partial charge in [-0.15, -0.1) is 11.3 Å². The molecule has 4 aromatic rings. The smallest absolute Gasteiger partial charge is 0.333 e. The second-order valence-corrected chi connectivity index (χ2v) is 11.4. The number of rotatable bonds is 8. The predicted octanol–water partition coefficient (Wildman–Crippen LogP) is 4.07. The van der Waals surface area contributed by atoms with Crippen LogP contribution in [0.1, 0.15) is 56.8 Å². The number of ether oxygens (including phenoxy) is 1. The van der Waals surface area contributed by atoms with Crippen molar-refractivity contribution in [2.45, 2.75) is 76.9 Å². The van der Waals surface area contributed by atoms with Gasteiger partial charge in [0, 0.05) is 0 Å². The van der Waals surface area contributed by atoms with Crippen LogP contribution in [0.4, 0.5) is 0 Å². The molecule has 2 N–H and O–H groups in total. The Hall–Kier alpha value is -3.54. The first-order chi connectivity index (χ1) is 18.6. The minimum absolute atomic E-state index is 0.0549. The van der Waals surface area contributed by atoms with Gasteiger partial charge in [-0.05, 0) is 57.6 Å². The third-order valence-corrected chi connectivity index (χ3v) is 8.74. The normalized spacial score (nSPS) is 18.9. The number of nitrogens with zero attached hydrogens (tertiary/aromatic N) is 3. The topological polar surface area (TPSA) is 137 Å². The van der Waals surface area contributed by atoms with Crippen molar-refractivity contribution in [1.29, 1.82) is 0 Å². The number of carbonyl (C=O) groups is 1. The Balaban J connectivity index is 1.71. The van der Waals surface area contributed by atoms with E-state index >= 15 is 0 Å². The van der Waals surface area contributed by atoms with Crippen LogP contribution in [0.3, 0.4) is 0 Å². The van der Waals surface area contributed by atoms with Crippen molar-refractivity contribution < 1.29 is 24.2 Å². The molecular weight excluding hydrogens is 522 g/mol. The predicted molar refractivity (Wildman–Crippen MR) is 146 cm³/mol. The Kier molecular flexibility index (Phi) is 7.32. The summed E-state index contributed by atoms with van der Waals surface area (Å²) in [6.07, 6.45) is 4.57. The Bertz CT molecular complexity index is 1590. The van der Waals surface area contributed by atoms with E-state index < -0.39 is 28.9 Å². The van der Waals surface area contributed by atoms with Gasteiger partial charge in [0.2, 0.25) is 5.89 Å². The first kappa shape index (κ1) is 27.0. The van der Waals surface area contributed by atoms with Crippen LogP contribution in [0.2, 0.25) is 0 Å². The highest BCUT2D eigenvalue weighted by Gasteiger charge is 2.36. The highest BCUT2D eigenvalue weighted by molar-refractivity contribution is 7.22. The van der Waals surface area contributed by atoms with Gasteiger partial charge >= 0.3 is 11.7 Å². The number of benzene rings is 1. The van der Waals surface area contributed by atoms with Crippen LogP contribution >= 0.6 is 11.3 Å². The molecule has 39 heavy (non-hydrogen) atoms. The Labute approximate surface area is 228 Å². The first-order valence-electron chi connectivity index (χ1n) is 12.9. The van der Waals surface area contributed by atoms with Gasteiger partial charge in [-0.25, -0.2) is 19.1 Å². The van der Waals surface area contributed by atoms with E-state index in [2.05, 4.69) is 4.98 Å². The lowest BCUT2D eigenvalue weighted by atomic mass is 9.95. The van der Waals surface area contributed by atoms with Gasteiger partial charge in [0.25, 0.3) is 5.56 Å². The van der Waals surface area contributed by atoms with E-state index in [-0.39, 0.29) is 24.1 Å². The molecule has 11 heteroatoms. The summed E-state index contributed by atoms with van der Waals surface area (Å²) in [4.78, 5) is 45.2. The molecule has 0 amide bonds. The first-order valence-corrected chi connectivity index (χ1v) is 13.7. The van der Waals surface area contributed by atoms with Gasteiger partial charge in [0.05, 0.1) is 35.2 Å². The maximum atomic E-state index is 14.0. The van der Waals surface area contributed by atoms with E-state index in [1.54, 1.807) is 6.92 Å². The fourth-order valence-electron chi connectivity index (χ4n) is 5.11. The zero-order valence-corrected chi connectivity index (χ0v) is 22.8. The van der Waals surface area contributed by atoms with E-state index in [4.69, 9.17) is 9.15 Å². The summed E-state index contributed by atoms with van der Waals surface area (Å²) in [5, 5.41) is 20.2. The number of hydrogen-bond donors (Lipinski definition) is 2. The van der Waals surface area contributed by atoms with Crippen LogP contribution in [-0.4, -0.2) is 42.5 Å². The molecule has 0 saturated heterocycles. The van der Waals surface area contributed by atoms with Gasteiger partial charge in [0.15, 0.2) is 0 Å². The minimum atomic E-state index is -1.80. The lowest BCUT2D eigenvalue weighted by Crippen LogP contribution is -2.52. The average Bonchev–Trinajstić information content (AvgIpc) is 3.55. The van der Waals surface area contributed by atoms with Crippen molar-refractivity contribution in [2.75, 3.05) is 0 Å². The molecule has 0 radical (unpaired) electrons. The highest BCUT2D eigenvalue weighted by Crippen LogP contribution is 2.37. The molecule has 0 unspecified atom stereocenters. The number of aliphatic hydroxyl groups is 1. The van der Waals surface area contributed by atoms with Crippen LogP contribution in [0.25, 0.3) is 21.0 Å². The lowest BCUT2D eigenvalue weighted by Gasteiger charge is -2.31. The molecule has 0 spiro atoms. The Morgan fingerprint density at radius 2 is 1.90 bits per heavy atom. The molecule has 1 fully saturated rings. The number of fused-ring (bicyclic) bond motifs is 1. The maximum Gasteiger partial charge on any atom is 0.333 e. The maximum absolute atomic E-state index is 14.0. The molecule has 5 rings (SSSR count). The molecule has 1 aliphatic carbocycles. The summed E-state index contributed by atoms with van der Waals surface area (Å²) < 4.78 is 14.3. The fourth-order valence-corrected chi connectivity index (χ4v) is 6.35. The van der Waals surface area contributed by atoms with E-state index in [1.165, 1.54) is 42.2 Å². The number of carboxylic acids is 1. The number of hydrogen-bond acceptors (Lipinski definition) is 8. The quantitative estimate of drug-likeness (QED) is 0.333. The van der Waals surface area contributed by atoms with Gasteiger partial charge in [-0.2, -0.15) is 0 Å². The highest BCUT2D eigenvalue weighted by atomic mass is 32.1. The van der Waals surface area contributed by atoms with E-state index in [9.17, 15) is 24.6 Å². The van der Waals surface area contributed by atoms with Crippen LogP contribution in [-0.2, 0) is 21.6 Å². The van der Waals surface area contributed by atoms with Crippen molar-refractivity contribution in [2.24, 2.45) is 0 Å². The van der Waals surface area contributed by atoms with Crippen molar-refractivity contribution >= 4 is 27.5 Å². The molecule has 0 aliphatic heterocycles. The van der Waals surface area contributed by atoms with Crippen molar-refractivity contribution in [1.82, 2.24) is 14.1 Å². The zero-order valence-electron chi connectivity index (χ0n) is 22.0. The summed E-state index contributed by atoms with van der Waals surface area (Å²) in [7, 11) is 0. The molecule has 1 atom stereocenters. The second-order valence-electron chi connectivity index (χ2n) is 10.4. The number of thiophene rings is 1. The second kappa shape index (κ2) is 10.6. The summed E-state index contributed by atoms with van der Waals surface area (Å²) in [6.45, 7) is 4.47. The molecule has 206 valence electrons. The Morgan fingerprint density at radius 1 is 1.21 bits per heavy atom. The van der Waals surface area contributed by atoms with E-state index in [0.29, 0.717) is 46.8 Å². The SMILES string of the molecule is Cc1c(-c2ncco2)sc2c1c(=O)n(C(C)(C)C(=O)O)c(=O)n2C[C@H](OC1CCC(O)CC1)c1ccccc1. The molecule has 3 aromatic heterocycles. The molecule has 3 heterocycles. The Morgan fingerprint density at radius 3 is 2.51 bits per heavy atom. The minimum Gasteiger partial charge on any atom is -0.480 e. The monoisotopic (exact) mass is 553 g/mol. The molecule has 10 nitrogen and oxygen atoms in total. The van der Waals surface area contributed by atoms with Crippen LogP contribution in [0, 0.1) is 6.92 Å². The third kappa shape index (κ3) is 4.97. The van der Waals surface area contributed by atoms with E-state index in [1.807, 2.05) is 30.3 Å². The molecule has 0 bridgehead atoms. The van der Waals surface area contributed by atoms with Gasteiger partial charge in [-0.3, -0.25) is 9.36 Å². The van der Waals surface area contributed by atoms with Crippen LogP contribution in [0.5, 0.6) is 0 Å². The standard InChI is InChI=1S/C28H31N3O7S/c1-16-21-24(33)31(28(2,3)26(34)35)27(36)30(25(21)39-22(16)23-29-13-14-37-23)15-20(17-7-5-4-6-8-17)38-19-11-9-18(32)10-12-19/h4-8,13-14,18-20,32H,9-12,15H2,1-3H3,(H,34,35)/t18?,19?,20-/m0/s1. The summed E-state index contributed by atoms with van der Waals surface area (Å²) in [6, 6.07) is 9.50. The van der Waals surface area contributed by atoms with E-state index in [0.717, 1.165) is 10.1 Å². The van der Waals surface area contributed by atoms with Crippen molar-refractivity contribution in [3.63, 3.8) is 0 Å². The number of aromatic nitrogens is 3. The third-order valence-electron chi connectivity index (χ3n) is 7.44. The summed E-state index contributed by atoms with van der Waals surface area (Å²) in [5.74, 6) is -0.988. The van der Waals surface area contributed by atoms with Crippen molar-refractivity contribution in [3.8, 4) is 10.8 Å². The molecular formula is C28H31N3O7S. The average molecular weight is 554 g/mol. The summed E-state index contributed by atoms with van der Waals surface area (Å²) in [5.41, 5.74) is -1.80. The largest absolute Gasteiger partial charge is 0.480 e. The summed E-state index contributed by atoms with van der Waals surface area (Å²) >= 11 is 1.21. The lowest BCUT2D eigenvalue weighted by molar-refractivity contribution is -0.146. The zero-order chi connectivity index (χ0) is 27.9. The molecule has 1 saturated carbocycles. The molecule has 1 aliphatic rings. The van der Waals surface area contributed by atoms with Crippen LogP contribution < -0.4 is 11.2 Å². The number of aliphatic carboxylic acids is 1. The molecule has 1 aromatic carbocycles. The van der Waals surface area contributed by atoms with Gasteiger partial charge in [-0.1, -0.05) is 30.3 Å². The number of aryl methyl sites for hydroxylation is 1. The van der Waals surface area contributed by atoms with Gasteiger partial charge < -0.3 is 19.4 Å². The number of oxazole rings is 1.